The van der Waals surface area contributed by atoms with Crippen molar-refractivity contribution in [2.75, 3.05) is 6.54 Å². The molecule has 1 N–H and O–H groups in total. The minimum absolute atomic E-state index is 0.0203. The lowest BCUT2D eigenvalue weighted by Gasteiger charge is -2.23. The van der Waals surface area contributed by atoms with Gasteiger partial charge in [-0.15, -0.1) is 5.10 Å². The standard InChI is InChI=1S/C34H34N6O3/c1-3-27-20-39(19-25-9-4-5-13-32(25)43-27)18-22-8-6-10-23(14-22)24-11-7-12-26(15-24)40-33(30(17-35-40)34(41)42)29-16-28(29)31-21-38(2)37-36-31/h4-15,17,21,27-29H,3,16,18-20H2,1-2H3,(H,41,42)/t27-,28?,29?/m1/s1. The van der Waals surface area contributed by atoms with Crippen LogP contribution in [0.5, 0.6) is 5.75 Å². The average molecular weight is 575 g/mol. The van der Waals surface area contributed by atoms with Crippen LogP contribution in [0.2, 0.25) is 0 Å². The maximum Gasteiger partial charge on any atom is 0.339 e. The third-order valence-corrected chi connectivity index (χ3v) is 8.51. The summed E-state index contributed by atoms with van der Waals surface area (Å²) in [5.74, 6) is 0.167. The Morgan fingerprint density at radius 3 is 2.63 bits per heavy atom. The molecule has 0 saturated heterocycles. The Balaban J connectivity index is 1.16. The average Bonchev–Trinajstić information content (AvgIpc) is 3.53. The number of carboxylic acids is 1. The fraction of sp³-hybridized carbons (Fsp3) is 0.294. The third kappa shape index (κ3) is 5.44. The number of hydrogen-bond donors (Lipinski definition) is 1. The molecule has 0 bridgehead atoms. The van der Waals surface area contributed by atoms with Crippen LogP contribution in [0.25, 0.3) is 16.8 Å². The van der Waals surface area contributed by atoms with Crippen LogP contribution in [0.1, 0.15) is 64.5 Å². The zero-order chi connectivity index (χ0) is 29.5. The Morgan fingerprint density at radius 2 is 1.84 bits per heavy atom. The zero-order valence-corrected chi connectivity index (χ0v) is 24.3. The highest BCUT2D eigenvalue weighted by Crippen LogP contribution is 2.55. The Kier molecular flexibility index (Phi) is 7.02. The molecule has 0 spiro atoms. The number of aryl methyl sites for hydroxylation is 1. The van der Waals surface area contributed by atoms with Crippen LogP contribution in [0.3, 0.4) is 0 Å². The van der Waals surface area contributed by atoms with Crippen LogP contribution >= 0.6 is 0 Å². The van der Waals surface area contributed by atoms with Gasteiger partial charge in [-0.1, -0.05) is 60.7 Å². The number of aromatic carboxylic acids is 1. The first kappa shape index (κ1) is 27.1. The normalized spacial score (nSPS) is 19.8. The number of carbonyl (C=O) groups is 1. The van der Waals surface area contributed by atoms with Gasteiger partial charge in [0, 0.05) is 50.3 Å². The largest absolute Gasteiger partial charge is 0.489 e. The smallest absolute Gasteiger partial charge is 0.339 e. The van der Waals surface area contributed by atoms with Gasteiger partial charge in [0.05, 0.1) is 23.3 Å². The molecule has 2 unspecified atom stereocenters. The third-order valence-electron chi connectivity index (χ3n) is 8.51. The lowest BCUT2D eigenvalue weighted by molar-refractivity contribution is 0.0695. The molecule has 0 radical (unpaired) electrons. The molecule has 218 valence electrons. The first-order chi connectivity index (χ1) is 21.0. The zero-order valence-electron chi connectivity index (χ0n) is 24.3. The summed E-state index contributed by atoms with van der Waals surface area (Å²) >= 11 is 0. The molecule has 9 heteroatoms. The monoisotopic (exact) mass is 574 g/mol. The predicted octanol–water partition coefficient (Wildman–Crippen LogP) is 5.81. The minimum Gasteiger partial charge on any atom is -0.489 e. The van der Waals surface area contributed by atoms with Gasteiger partial charge in [0.1, 0.15) is 17.4 Å². The molecule has 2 aliphatic rings. The number of carboxylic acid groups (broad SMARTS) is 1. The van der Waals surface area contributed by atoms with Crippen molar-refractivity contribution in [3.05, 3.63) is 113 Å². The van der Waals surface area contributed by atoms with Crippen LogP contribution in [-0.2, 0) is 20.1 Å². The van der Waals surface area contributed by atoms with E-state index in [-0.39, 0.29) is 23.5 Å². The van der Waals surface area contributed by atoms with Crippen molar-refractivity contribution in [1.82, 2.24) is 29.7 Å². The van der Waals surface area contributed by atoms with Crippen molar-refractivity contribution in [3.63, 3.8) is 0 Å². The number of benzene rings is 3. The molecule has 0 amide bonds. The van der Waals surface area contributed by atoms with E-state index in [0.717, 1.165) is 60.7 Å². The summed E-state index contributed by atoms with van der Waals surface area (Å²) in [6.07, 6.45) is 5.29. The summed E-state index contributed by atoms with van der Waals surface area (Å²) in [4.78, 5) is 14.6. The Morgan fingerprint density at radius 1 is 1.02 bits per heavy atom. The molecule has 1 saturated carbocycles. The molecular weight excluding hydrogens is 540 g/mol. The van der Waals surface area contributed by atoms with Gasteiger partial charge in [0.25, 0.3) is 0 Å². The minimum atomic E-state index is -0.971. The summed E-state index contributed by atoms with van der Waals surface area (Å²) in [5, 5.41) is 22.8. The lowest BCUT2D eigenvalue weighted by Crippen LogP contribution is -2.32. The number of aromatic nitrogens is 5. The van der Waals surface area contributed by atoms with E-state index in [9.17, 15) is 9.90 Å². The molecule has 9 nitrogen and oxygen atoms in total. The van der Waals surface area contributed by atoms with Gasteiger partial charge in [-0.25, -0.2) is 9.48 Å². The van der Waals surface area contributed by atoms with Crippen molar-refractivity contribution in [2.24, 2.45) is 7.05 Å². The van der Waals surface area contributed by atoms with Gasteiger partial charge in [0.2, 0.25) is 0 Å². The number of rotatable bonds is 8. The van der Waals surface area contributed by atoms with Crippen LogP contribution in [0, 0.1) is 0 Å². The van der Waals surface area contributed by atoms with Crippen LogP contribution in [0.15, 0.2) is 85.2 Å². The second kappa shape index (κ2) is 11.1. The number of fused-ring (bicyclic) bond motifs is 1. The van der Waals surface area contributed by atoms with E-state index in [2.05, 4.69) is 81.8 Å². The Hall–Kier alpha value is -4.76. The highest BCUT2D eigenvalue weighted by atomic mass is 16.5. The number of ether oxygens (including phenoxy) is 1. The van der Waals surface area contributed by atoms with Gasteiger partial charge < -0.3 is 9.84 Å². The van der Waals surface area contributed by atoms with E-state index in [0.29, 0.717) is 5.69 Å². The van der Waals surface area contributed by atoms with Gasteiger partial charge in [-0.2, -0.15) is 5.10 Å². The molecule has 43 heavy (non-hydrogen) atoms. The topological polar surface area (TPSA) is 98.3 Å². The summed E-state index contributed by atoms with van der Waals surface area (Å²) < 4.78 is 9.78. The number of hydrogen-bond acceptors (Lipinski definition) is 6. The van der Waals surface area contributed by atoms with E-state index in [1.165, 1.54) is 17.3 Å². The summed E-state index contributed by atoms with van der Waals surface area (Å²) in [5.41, 5.74) is 7.27. The molecule has 3 heterocycles. The molecule has 2 aromatic heterocycles. The Bertz CT molecular complexity index is 1790. The fourth-order valence-electron chi connectivity index (χ4n) is 6.26. The second-order valence-corrected chi connectivity index (χ2v) is 11.6. The van der Waals surface area contributed by atoms with E-state index in [1.807, 2.05) is 31.4 Å². The van der Waals surface area contributed by atoms with Gasteiger partial charge >= 0.3 is 5.97 Å². The molecule has 3 atom stereocenters. The molecule has 1 aliphatic carbocycles. The highest BCUT2D eigenvalue weighted by Gasteiger charge is 2.46. The maximum absolute atomic E-state index is 12.2. The summed E-state index contributed by atoms with van der Waals surface area (Å²) in [7, 11) is 1.84. The second-order valence-electron chi connectivity index (χ2n) is 11.6. The van der Waals surface area contributed by atoms with Gasteiger partial charge in [-0.3, -0.25) is 9.58 Å². The lowest BCUT2D eigenvalue weighted by atomic mass is 10.0. The molecular formula is C34H34N6O3. The van der Waals surface area contributed by atoms with Crippen molar-refractivity contribution >= 4 is 5.97 Å². The van der Waals surface area contributed by atoms with Gasteiger partial charge in [0.15, 0.2) is 0 Å². The summed E-state index contributed by atoms with van der Waals surface area (Å²) in [6.45, 7) is 4.71. The van der Waals surface area contributed by atoms with E-state index >= 15 is 0 Å². The maximum atomic E-state index is 12.2. The molecule has 1 fully saturated rings. The highest BCUT2D eigenvalue weighted by molar-refractivity contribution is 5.89. The number of para-hydroxylation sites is 1. The molecule has 1 aliphatic heterocycles. The van der Waals surface area contributed by atoms with Crippen molar-refractivity contribution in [3.8, 4) is 22.6 Å². The first-order valence-corrected chi connectivity index (χ1v) is 14.8. The van der Waals surface area contributed by atoms with Crippen molar-refractivity contribution in [1.29, 1.82) is 0 Å². The van der Waals surface area contributed by atoms with E-state index < -0.39 is 5.97 Å². The molecule has 7 rings (SSSR count). The van der Waals surface area contributed by atoms with Crippen molar-refractivity contribution < 1.29 is 14.6 Å². The SMILES string of the molecule is CC[C@@H]1CN(Cc2cccc(-c3cccc(-n4ncc(C(=O)O)c4C4CC4c4cn(C)nn4)c3)c2)Cc2ccccc2O1. The van der Waals surface area contributed by atoms with E-state index in [1.54, 1.807) is 9.36 Å². The first-order valence-electron chi connectivity index (χ1n) is 14.8. The quantitative estimate of drug-likeness (QED) is 0.250. The Labute approximate surface area is 250 Å². The van der Waals surface area contributed by atoms with Crippen molar-refractivity contribution in [2.45, 2.75) is 50.8 Å². The van der Waals surface area contributed by atoms with Gasteiger partial charge in [-0.05, 0) is 53.8 Å². The van der Waals surface area contributed by atoms with Crippen LogP contribution in [0.4, 0.5) is 0 Å². The molecule has 5 aromatic rings. The summed E-state index contributed by atoms with van der Waals surface area (Å²) in [6, 6.07) is 25.1. The predicted molar refractivity (Wildman–Crippen MR) is 162 cm³/mol. The fourth-order valence-corrected chi connectivity index (χ4v) is 6.26. The van der Waals surface area contributed by atoms with E-state index in [4.69, 9.17) is 4.74 Å². The molecule has 3 aromatic carbocycles. The number of nitrogens with zero attached hydrogens (tertiary/aromatic N) is 6. The van der Waals surface area contributed by atoms with Crippen LogP contribution in [-0.4, -0.2) is 53.4 Å². The van der Waals surface area contributed by atoms with Crippen LogP contribution < -0.4 is 4.74 Å².